The summed E-state index contributed by atoms with van der Waals surface area (Å²) in [6.07, 6.45) is 0. The molecule has 21 heavy (non-hydrogen) atoms. The second-order valence-electron chi connectivity index (χ2n) is 4.51. The van der Waals surface area contributed by atoms with E-state index in [1.54, 1.807) is 12.1 Å². The minimum absolute atomic E-state index is 0.0863. The number of fused-ring (bicyclic) bond motifs is 2. The summed E-state index contributed by atoms with van der Waals surface area (Å²) in [5.41, 5.74) is 0. The van der Waals surface area contributed by atoms with Gasteiger partial charge >= 0.3 is 0 Å². The fraction of sp³-hybridized carbons (Fsp3) is 0. The second-order valence-corrected chi connectivity index (χ2v) is 6.31. The van der Waals surface area contributed by atoms with Gasteiger partial charge in [-0.1, -0.05) is 35.9 Å². The van der Waals surface area contributed by atoms with Crippen molar-refractivity contribution in [1.29, 1.82) is 0 Å². The lowest BCUT2D eigenvalue weighted by molar-refractivity contribution is 0.473. The van der Waals surface area contributed by atoms with Gasteiger partial charge in [-0.15, -0.1) is 0 Å². The summed E-state index contributed by atoms with van der Waals surface area (Å²) in [7, 11) is -4.55. The number of phenolic OH excluding ortho intramolecular Hbond substituents is 2. The van der Waals surface area contributed by atoms with Crippen molar-refractivity contribution in [2.24, 2.45) is 0 Å². The van der Waals surface area contributed by atoms with Gasteiger partial charge in [0, 0.05) is 21.5 Å². The lowest BCUT2D eigenvalue weighted by atomic mass is 10.0. The molecule has 3 aromatic rings. The molecule has 3 N–H and O–H groups in total. The van der Waals surface area contributed by atoms with Gasteiger partial charge in [-0.05, 0) is 12.1 Å². The molecule has 7 heteroatoms. The number of rotatable bonds is 1. The molecule has 5 nitrogen and oxygen atoms in total. The molecule has 0 spiro atoms. The smallest absolute Gasteiger partial charge is 0.295 e. The number of hydrogen-bond donors (Lipinski definition) is 3. The van der Waals surface area contributed by atoms with Crippen molar-refractivity contribution in [2.45, 2.75) is 4.90 Å². The maximum Gasteiger partial charge on any atom is 0.295 e. The van der Waals surface area contributed by atoms with Crippen molar-refractivity contribution >= 4 is 43.3 Å². The fourth-order valence-electron chi connectivity index (χ4n) is 2.42. The van der Waals surface area contributed by atoms with Crippen LogP contribution in [0.2, 0.25) is 5.02 Å². The molecule has 0 saturated heterocycles. The highest BCUT2D eigenvalue weighted by Crippen LogP contribution is 2.45. The lowest BCUT2D eigenvalue weighted by Gasteiger charge is -2.12. The third kappa shape index (κ3) is 1.99. The average molecular weight is 325 g/mol. The van der Waals surface area contributed by atoms with E-state index in [-0.39, 0.29) is 38.1 Å². The number of phenols is 2. The van der Waals surface area contributed by atoms with Crippen LogP contribution >= 0.6 is 11.6 Å². The Morgan fingerprint density at radius 1 is 0.857 bits per heavy atom. The van der Waals surface area contributed by atoms with Crippen molar-refractivity contribution in [3.05, 3.63) is 41.4 Å². The Labute approximate surface area is 124 Å². The van der Waals surface area contributed by atoms with Crippen molar-refractivity contribution < 1.29 is 23.2 Å². The van der Waals surface area contributed by atoms with Gasteiger partial charge in [-0.3, -0.25) is 4.55 Å². The molecule has 0 bridgehead atoms. The summed E-state index contributed by atoms with van der Waals surface area (Å²) in [4.78, 5) is -0.477. The Hall–Kier alpha value is -2.02. The Morgan fingerprint density at radius 2 is 1.38 bits per heavy atom. The minimum Gasteiger partial charge on any atom is -0.507 e. The maximum absolute atomic E-state index is 11.5. The average Bonchev–Trinajstić information content (AvgIpc) is 2.43. The molecule has 0 atom stereocenters. The first-order valence-electron chi connectivity index (χ1n) is 5.84. The van der Waals surface area contributed by atoms with Crippen molar-refractivity contribution in [3.63, 3.8) is 0 Å². The summed E-state index contributed by atoms with van der Waals surface area (Å²) in [6, 6.07) is 8.53. The number of hydrogen-bond acceptors (Lipinski definition) is 4. The van der Waals surface area contributed by atoms with E-state index in [2.05, 4.69) is 0 Å². The Balaban J connectivity index is 2.70. The van der Waals surface area contributed by atoms with E-state index in [0.29, 0.717) is 0 Å². The molecule has 0 heterocycles. The Morgan fingerprint density at radius 3 is 2.00 bits per heavy atom. The first-order chi connectivity index (χ1) is 9.82. The highest BCUT2D eigenvalue weighted by atomic mass is 35.5. The van der Waals surface area contributed by atoms with Crippen LogP contribution in [0.3, 0.4) is 0 Å². The Kier molecular flexibility index (Phi) is 2.98. The summed E-state index contributed by atoms with van der Waals surface area (Å²) in [5.74, 6) is -0.623. The number of halogens is 1. The molecule has 0 unspecified atom stereocenters. The van der Waals surface area contributed by atoms with Gasteiger partial charge in [-0.25, -0.2) is 0 Å². The number of benzene rings is 3. The monoisotopic (exact) mass is 324 g/mol. The summed E-state index contributed by atoms with van der Waals surface area (Å²) < 4.78 is 32.2. The largest absolute Gasteiger partial charge is 0.507 e. The van der Waals surface area contributed by atoms with E-state index >= 15 is 0 Å². The second kappa shape index (κ2) is 4.49. The third-order valence-electron chi connectivity index (χ3n) is 3.30. The molecular weight excluding hydrogens is 316 g/mol. The predicted molar refractivity (Wildman–Crippen MR) is 79.6 cm³/mol. The van der Waals surface area contributed by atoms with Crippen molar-refractivity contribution in [3.8, 4) is 11.5 Å². The summed E-state index contributed by atoms with van der Waals surface area (Å²) >= 11 is 6.03. The maximum atomic E-state index is 11.5. The third-order valence-corrected chi connectivity index (χ3v) is 4.51. The predicted octanol–water partition coefficient (Wildman–Crippen LogP) is 3.30. The fourth-order valence-corrected chi connectivity index (χ4v) is 3.40. The van der Waals surface area contributed by atoms with E-state index < -0.39 is 15.0 Å². The minimum atomic E-state index is -4.55. The van der Waals surface area contributed by atoms with Crippen LogP contribution in [-0.2, 0) is 10.1 Å². The molecule has 0 aliphatic carbocycles. The van der Waals surface area contributed by atoms with Gasteiger partial charge in [0.1, 0.15) is 16.4 Å². The molecule has 3 aromatic carbocycles. The van der Waals surface area contributed by atoms with Gasteiger partial charge < -0.3 is 10.2 Å². The van der Waals surface area contributed by atoms with Gasteiger partial charge in [0.05, 0.1) is 5.02 Å². The normalized spacial score (nSPS) is 12.1. The molecule has 0 saturated carbocycles. The van der Waals surface area contributed by atoms with Crippen LogP contribution in [0.5, 0.6) is 11.5 Å². The first kappa shape index (κ1) is 13.9. The van der Waals surface area contributed by atoms with Crippen molar-refractivity contribution in [1.82, 2.24) is 0 Å². The lowest BCUT2D eigenvalue weighted by Crippen LogP contribution is -1.99. The zero-order chi connectivity index (χ0) is 15.4. The van der Waals surface area contributed by atoms with Gasteiger partial charge in [0.2, 0.25) is 0 Å². The van der Waals surface area contributed by atoms with E-state index in [1.807, 2.05) is 0 Å². The first-order valence-corrected chi connectivity index (χ1v) is 7.66. The molecule has 0 radical (unpaired) electrons. The van der Waals surface area contributed by atoms with Gasteiger partial charge in [0.25, 0.3) is 10.1 Å². The van der Waals surface area contributed by atoms with Crippen LogP contribution < -0.4 is 0 Å². The molecular formula is C14H9ClO5S. The quantitative estimate of drug-likeness (QED) is 0.362. The van der Waals surface area contributed by atoms with Crippen LogP contribution in [0.4, 0.5) is 0 Å². The highest BCUT2D eigenvalue weighted by molar-refractivity contribution is 7.86. The zero-order valence-electron chi connectivity index (χ0n) is 10.4. The van der Waals surface area contributed by atoms with Crippen LogP contribution in [0.1, 0.15) is 0 Å². The van der Waals surface area contributed by atoms with Crippen molar-refractivity contribution in [2.75, 3.05) is 0 Å². The molecule has 0 aliphatic rings. The van der Waals surface area contributed by atoms with E-state index in [4.69, 9.17) is 11.6 Å². The van der Waals surface area contributed by atoms with Gasteiger partial charge in [-0.2, -0.15) is 8.42 Å². The number of aromatic hydroxyl groups is 2. The van der Waals surface area contributed by atoms with Gasteiger partial charge in [0.15, 0.2) is 0 Å². The van der Waals surface area contributed by atoms with E-state index in [9.17, 15) is 23.2 Å². The molecule has 0 aliphatic heterocycles. The molecule has 0 fully saturated rings. The topological polar surface area (TPSA) is 94.8 Å². The van der Waals surface area contributed by atoms with Crippen LogP contribution in [0.15, 0.2) is 41.3 Å². The van der Waals surface area contributed by atoms with Crippen LogP contribution in [-0.4, -0.2) is 23.2 Å². The SMILES string of the molecule is O=S(=O)(O)c1cccc2c(O)c3c(Cl)cccc3c(O)c12. The molecule has 3 rings (SSSR count). The van der Waals surface area contributed by atoms with E-state index in [1.165, 1.54) is 18.2 Å². The molecule has 0 amide bonds. The highest BCUT2D eigenvalue weighted by Gasteiger charge is 2.22. The van der Waals surface area contributed by atoms with Crippen LogP contribution in [0, 0.1) is 0 Å². The summed E-state index contributed by atoms with van der Waals surface area (Å²) in [5, 5.41) is 21.3. The van der Waals surface area contributed by atoms with E-state index in [0.717, 1.165) is 6.07 Å². The standard InChI is InChI=1S/C14H9ClO5S/c15-9-5-1-3-7-11(9)13(16)8-4-2-6-10(21(18,19)20)12(8)14(7)17/h1-6,16-17H,(H,18,19,20). The molecule has 108 valence electrons. The van der Waals surface area contributed by atoms with Crippen LogP contribution in [0.25, 0.3) is 21.5 Å². The summed E-state index contributed by atoms with van der Waals surface area (Å²) in [6.45, 7) is 0. The molecule has 0 aromatic heterocycles. The zero-order valence-corrected chi connectivity index (χ0v) is 12.0. The Bertz CT molecular complexity index is 995.